The van der Waals surface area contributed by atoms with Gasteiger partial charge in [-0.3, -0.25) is 14.6 Å². The molecule has 1 saturated carbocycles. The molecule has 2 fully saturated rings. The van der Waals surface area contributed by atoms with Gasteiger partial charge in [-0.2, -0.15) is 0 Å². The van der Waals surface area contributed by atoms with Crippen LogP contribution in [0.5, 0.6) is 0 Å². The Bertz CT molecular complexity index is 1400. The van der Waals surface area contributed by atoms with E-state index in [9.17, 15) is 4.79 Å². The van der Waals surface area contributed by atoms with Crippen LogP contribution in [-0.4, -0.2) is 67.2 Å². The number of nitrogens with one attached hydrogen (secondary N) is 1. The number of H-pyrrole nitrogens is 1. The number of piperazine rings is 1. The maximum atomic E-state index is 13.6. The second-order valence-corrected chi connectivity index (χ2v) is 10.5. The third-order valence-electron chi connectivity index (χ3n) is 8.20. The average molecular weight is 498 g/mol. The van der Waals surface area contributed by atoms with Gasteiger partial charge in [0, 0.05) is 37.8 Å². The van der Waals surface area contributed by atoms with Crippen LogP contribution in [0.3, 0.4) is 0 Å². The summed E-state index contributed by atoms with van der Waals surface area (Å²) in [5.74, 6) is 0.715. The molecule has 3 heterocycles. The predicted molar refractivity (Wildman–Crippen MR) is 145 cm³/mol. The summed E-state index contributed by atoms with van der Waals surface area (Å²) >= 11 is 0. The highest BCUT2D eigenvalue weighted by Gasteiger charge is 2.34. The first-order valence-corrected chi connectivity index (χ1v) is 13.6. The van der Waals surface area contributed by atoms with Gasteiger partial charge in [0.15, 0.2) is 5.82 Å². The highest BCUT2D eigenvalue weighted by Crippen LogP contribution is 2.30. The van der Waals surface area contributed by atoms with Crippen molar-refractivity contribution in [2.24, 2.45) is 0 Å². The molecule has 8 nitrogen and oxygen atoms in total. The van der Waals surface area contributed by atoms with Gasteiger partial charge < -0.3 is 4.98 Å². The van der Waals surface area contributed by atoms with E-state index in [1.54, 1.807) is 0 Å². The van der Waals surface area contributed by atoms with Gasteiger partial charge in [-0.05, 0) is 52.8 Å². The summed E-state index contributed by atoms with van der Waals surface area (Å²) in [6, 6.07) is 18.8. The maximum Gasteiger partial charge on any atom is 0.253 e. The zero-order valence-corrected chi connectivity index (χ0v) is 21.5. The zero-order chi connectivity index (χ0) is 25.2. The molecule has 6 rings (SSSR count). The van der Waals surface area contributed by atoms with Crippen LogP contribution in [0.15, 0.2) is 59.4 Å². The van der Waals surface area contributed by atoms with E-state index in [4.69, 9.17) is 0 Å². The summed E-state index contributed by atoms with van der Waals surface area (Å²) in [5.41, 5.74) is 3.71. The van der Waals surface area contributed by atoms with E-state index >= 15 is 0 Å². The molecular weight excluding hydrogens is 462 g/mol. The van der Waals surface area contributed by atoms with Gasteiger partial charge in [-0.1, -0.05) is 67.8 Å². The number of rotatable bonds is 6. The molecule has 0 unspecified atom stereocenters. The number of tetrazole rings is 1. The Morgan fingerprint density at radius 3 is 2.54 bits per heavy atom. The first-order valence-electron chi connectivity index (χ1n) is 13.6. The summed E-state index contributed by atoms with van der Waals surface area (Å²) in [6.45, 7) is 6.36. The molecule has 1 atom stereocenters. The van der Waals surface area contributed by atoms with Crippen LogP contribution in [0.2, 0.25) is 0 Å². The lowest BCUT2D eigenvalue weighted by Crippen LogP contribution is -2.52. The highest BCUT2D eigenvalue weighted by molar-refractivity contribution is 5.82. The minimum atomic E-state index is -0.319. The number of fused-ring (bicyclic) bond motifs is 1. The molecule has 192 valence electrons. The Labute approximate surface area is 217 Å². The van der Waals surface area contributed by atoms with Crippen LogP contribution >= 0.6 is 0 Å². The van der Waals surface area contributed by atoms with Crippen LogP contribution in [0.4, 0.5) is 0 Å². The first kappa shape index (κ1) is 24.0. The fourth-order valence-electron chi connectivity index (χ4n) is 6.19. The van der Waals surface area contributed by atoms with E-state index in [2.05, 4.69) is 48.5 Å². The molecule has 8 heteroatoms. The standard InChI is InChI=1S/C29H35N7O/c1-21-9-8-12-23-19-25(29(37)30-26(21)23)27(28-31-32-33-36(28)20-22-10-4-2-5-11-22)35-17-15-34(16-18-35)24-13-6-3-7-14-24/h2,4-5,8-12,19,24,27H,3,6-7,13-18,20H2,1H3,(H,30,37)/t27-/m1/s1. The molecule has 2 aromatic heterocycles. The molecule has 1 saturated heterocycles. The molecule has 1 aliphatic heterocycles. The topological polar surface area (TPSA) is 82.9 Å². The number of aromatic nitrogens is 5. The molecule has 0 spiro atoms. The smallest absolute Gasteiger partial charge is 0.253 e. The van der Waals surface area contributed by atoms with Gasteiger partial charge in [0.25, 0.3) is 5.56 Å². The van der Waals surface area contributed by atoms with Gasteiger partial charge >= 0.3 is 0 Å². The second kappa shape index (κ2) is 10.6. The zero-order valence-electron chi connectivity index (χ0n) is 21.5. The fraction of sp³-hybridized carbons (Fsp3) is 0.448. The quantitative estimate of drug-likeness (QED) is 0.435. The van der Waals surface area contributed by atoms with E-state index in [-0.39, 0.29) is 11.6 Å². The summed E-state index contributed by atoms with van der Waals surface area (Å²) in [4.78, 5) is 21.8. The minimum absolute atomic E-state index is 0.0734. The van der Waals surface area contributed by atoms with E-state index in [0.29, 0.717) is 24.0 Å². The van der Waals surface area contributed by atoms with Crippen molar-refractivity contribution < 1.29 is 0 Å². The summed E-state index contributed by atoms with van der Waals surface area (Å²) < 4.78 is 1.85. The summed E-state index contributed by atoms with van der Waals surface area (Å²) in [6.07, 6.45) is 6.67. The van der Waals surface area contributed by atoms with Crippen molar-refractivity contribution in [3.8, 4) is 0 Å². The number of pyridine rings is 1. The number of hydrogen-bond acceptors (Lipinski definition) is 6. The number of benzene rings is 2. The van der Waals surface area contributed by atoms with Crippen molar-refractivity contribution in [3.05, 3.63) is 87.5 Å². The number of aromatic amines is 1. The lowest BCUT2D eigenvalue weighted by Gasteiger charge is -2.43. The monoisotopic (exact) mass is 497 g/mol. The SMILES string of the molecule is Cc1cccc2cc([C@H](c3nnnn3Cc3ccccc3)N3CCN(C4CCCCC4)CC3)c(=O)[nH]c12. The molecule has 0 bridgehead atoms. The van der Waals surface area contributed by atoms with Crippen LogP contribution < -0.4 is 5.56 Å². The van der Waals surface area contributed by atoms with Crippen molar-refractivity contribution in [1.29, 1.82) is 0 Å². The minimum Gasteiger partial charge on any atom is -0.321 e. The molecule has 1 aliphatic carbocycles. The molecule has 2 aromatic carbocycles. The Kier molecular flexibility index (Phi) is 6.85. The van der Waals surface area contributed by atoms with Crippen molar-refractivity contribution in [3.63, 3.8) is 0 Å². The fourth-order valence-corrected chi connectivity index (χ4v) is 6.19. The normalized spacial score (nSPS) is 18.8. The second-order valence-electron chi connectivity index (χ2n) is 10.5. The highest BCUT2D eigenvalue weighted by atomic mass is 16.1. The lowest BCUT2D eigenvalue weighted by molar-refractivity contribution is 0.0618. The predicted octanol–water partition coefficient (Wildman–Crippen LogP) is 3.91. The first-order chi connectivity index (χ1) is 18.2. The summed E-state index contributed by atoms with van der Waals surface area (Å²) in [7, 11) is 0. The Hall–Kier alpha value is -3.36. The van der Waals surface area contributed by atoms with Gasteiger partial charge in [0.05, 0.1) is 12.1 Å². The number of nitrogens with zero attached hydrogens (tertiary/aromatic N) is 6. The van der Waals surface area contributed by atoms with E-state index < -0.39 is 0 Å². The molecule has 4 aromatic rings. The third-order valence-corrected chi connectivity index (χ3v) is 8.20. The number of para-hydroxylation sites is 1. The lowest BCUT2D eigenvalue weighted by atomic mass is 9.93. The average Bonchev–Trinajstić information content (AvgIpc) is 3.39. The van der Waals surface area contributed by atoms with Crippen LogP contribution in [0.25, 0.3) is 10.9 Å². The Balaban J connectivity index is 1.37. The maximum absolute atomic E-state index is 13.6. The molecule has 1 N–H and O–H groups in total. The molecule has 0 radical (unpaired) electrons. The van der Waals surface area contributed by atoms with Crippen molar-refractivity contribution in [2.75, 3.05) is 26.2 Å². The molecular formula is C29H35N7O. The molecule has 2 aliphatic rings. The van der Waals surface area contributed by atoms with Gasteiger partial charge in [-0.15, -0.1) is 5.10 Å². The van der Waals surface area contributed by atoms with E-state index in [0.717, 1.165) is 48.2 Å². The molecule has 37 heavy (non-hydrogen) atoms. The largest absolute Gasteiger partial charge is 0.321 e. The Morgan fingerprint density at radius 1 is 0.973 bits per heavy atom. The number of hydrogen-bond donors (Lipinski definition) is 1. The summed E-state index contributed by atoms with van der Waals surface area (Å²) in [5, 5.41) is 14.0. The third kappa shape index (κ3) is 4.95. The van der Waals surface area contributed by atoms with Crippen LogP contribution in [0, 0.1) is 6.92 Å². The van der Waals surface area contributed by atoms with Crippen LogP contribution in [0.1, 0.15) is 60.7 Å². The van der Waals surface area contributed by atoms with Gasteiger partial charge in [0.1, 0.15) is 6.04 Å². The number of aryl methyl sites for hydroxylation is 1. The van der Waals surface area contributed by atoms with Crippen LogP contribution in [-0.2, 0) is 6.54 Å². The van der Waals surface area contributed by atoms with Crippen molar-refractivity contribution >= 4 is 10.9 Å². The van der Waals surface area contributed by atoms with Gasteiger partial charge in [-0.25, -0.2) is 4.68 Å². The van der Waals surface area contributed by atoms with Crippen molar-refractivity contribution in [2.45, 2.75) is 57.7 Å². The van der Waals surface area contributed by atoms with Gasteiger partial charge in [0.2, 0.25) is 0 Å². The van der Waals surface area contributed by atoms with E-state index in [1.165, 1.54) is 32.1 Å². The Morgan fingerprint density at radius 2 is 1.76 bits per heavy atom. The molecule has 0 amide bonds. The van der Waals surface area contributed by atoms with E-state index in [1.807, 2.05) is 48.0 Å². The van der Waals surface area contributed by atoms with Crippen molar-refractivity contribution in [1.82, 2.24) is 35.0 Å².